The number of aromatic nitrogens is 2. The molecule has 31 heavy (non-hydrogen) atoms. The Morgan fingerprint density at radius 3 is 2.61 bits per heavy atom. The fraction of sp³-hybridized carbons (Fsp3) is 0.261. The van der Waals surface area contributed by atoms with Gasteiger partial charge in [-0.05, 0) is 30.7 Å². The lowest BCUT2D eigenvalue weighted by Crippen LogP contribution is -2.34. The zero-order chi connectivity index (χ0) is 21.6. The van der Waals surface area contributed by atoms with Crippen LogP contribution in [0.5, 0.6) is 11.5 Å². The molecule has 0 aliphatic carbocycles. The van der Waals surface area contributed by atoms with Gasteiger partial charge in [-0.3, -0.25) is 9.89 Å². The normalized spacial score (nSPS) is 12.3. The van der Waals surface area contributed by atoms with Crippen molar-refractivity contribution in [2.45, 2.75) is 13.5 Å². The second-order valence-corrected chi connectivity index (χ2v) is 6.99. The van der Waals surface area contributed by atoms with E-state index in [9.17, 15) is 9.59 Å². The van der Waals surface area contributed by atoms with E-state index in [1.54, 1.807) is 11.0 Å². The van der Waals surface area contributed by atoms with Gasteiger partial charge in [0.15, 0.2) is 18.1 Å². The molecule has 4 rings (SSSR count). The van der Waals surface area contributed by atoms with E-state index in [2.05, 4.69) is 10.2 Å². The minimum absolute atomic E-state index is 0.196. The van der Waals surface area contributed by atoms with Gasteiger partial charge in [0.1, 0.15) is 18.9 Å². The summed E-state index contributed by atoms with van der Waals surface area (Å²) in [6, 6.07) is 16.7. The number of hydrogen-bond acceptors (Lipinski definition) is 6. The molecule has 1 aliphatic rings. The number of nitrogens with zero attached hydrogens (tertiary/aromatic N) is 2. The number of carbonyl (C=O) groups is 2. The zero-order valence-corrected chi connectivity index (χ0v) is 17.2. The third kappa shape index (κ3) is 4.85. The van der Waals surface area contributed by atoms with Crippen LogP contribution in [-0.2, 0) is 16.1 Å². The number of esters is 1. The Morgan fingerprint density at radius 1 is 1.06 bits per heavy atom. The molecule has 0 unspecified atom stereocenters. The third-order valence-electron chi connectivity index (χ3n) is 4.91. The number of ether oxygens (including phenoxy) is 3. The summed E-state index contributed by atoms with van der Waals surface area (Å²) in [5, 5.41) is 6.80. The predicted molar refractivity (Wildman–Crippen MR) is 113 cm³/mol. The summed E-state index contributed by atoms with van der Waals surface area (Å²) in [5.41, 5.74) is 2.62. The van der Waals surface area contributed by atoms with Crippen molar-refractivity contribution in [1.82, 2.24) is 15.1 Å². The standard InChI is InChI=1S/C23H23N3O5/c1-2-26(14-16-8-9-20-21(12-16)30-11-10-29-20)22(27)15-31-23(28)19-13-18(24-25-19)17-6-4-3-5-7-17/h3-9,12-13H,2,10-11,14-15H2,1H3,(H,24,25). The molecule has 0 radical (unpaired) electrons. The quantitative estimate of drug-likeness (QED) is 0.590. The first-order valence-corrected chi connectivity index (χ1v) is 10.1. The van der Waals surface area contributed by atoms with Gasteiger partial charge < -0.3 is 19.1 Å². The van der Waals surface area contributed by atoms with Crippen LogP contribution in [-0.4, -0.2) is 53.3 Å². The number of benzene rings is 2. The van der Waals surface area contributed by atoms with Crippen LogP contribution in [0, 0.1) is 0 Å². The Kier molecular flexibility index (Phi) is 6.16. The minimum Gasteiger partial charge on any atom is -0.486 e. The van der Waals surface area contributed by atoms with Crippen LogP contribution in [0.3, 0.4) is 0 Å². The average Bonchev–Trinajstić information content (AvgIpc) is 3.32. The largest absolute Gasteiger partial charge is 0.486 e. The van der Waals surface area contributed by atoms with Gasteiger partial charge in [0.25, 0.3) is 5.91 Å². The Labute approximate surface area is 179 Å². The smallest absolute Gasteiger partial charge is 0.356 e. The zero-order valence-electron chi connectivity index (χ0n) is 17.2. The van der Waals surface area contributed by atoms with Crippen molar-refractivity contribution in [3.8, 4) is 22.8 Å². The maximum absolute atomic E-state index is 12.6. The van der Waals surface area contributed by atoms with Gasteiger partial charge in [-0.25, -0.2) is 4.79 Å². The summed E-state index contributed by atoms with van der Waals surface area (Å²) in [6.45, 7) is 3.41. The molecule has 8 heteroatoms. The van der Waals surface area contributed by atoms with Crippen molar-refractivity contribution < 1.29 is 23.8 Å². The predicted octanol–water partition coefficient (Wildman–Crippen LogP) is 3.05. The molecule has 2 heterocycles. The summed E-state index contributed by atoms with van der Waals surface area (Å²) in [6.07, 6.45) is 0. The van der Waals surface area contributed by atoms with Crippen LogP contribution in [0.15, 0.2) is 54.6 Å². The van der Waals surface area contributed by atoms with Crippen molar-refractivity contribution >= 4 is 11.9 Å². The molecule has 1 N–H and O–H groups in total. The van der Waals surface area contributed by atoms with Crippen molar-refractivity contribution in [2.75, 3.05) is 26.4 Å². The van der Waals surface area contributed by atoms with Gasteiger partial charge >= 0.3 is 5.97 Å². The van der Waals surface area contributed by atoms with Gasteiger partial charge in [-0.1, -0.05) is 36.4 Å². The highest BCUT2D eigenvalue weighted by molar-refractivity contribution is 5.90. The Bertz CT molecular complexity index is 1060. The lowest BCUT2D eigenvalue weighted by atomic mass is 10.1. The van der Waals surface area contributed by atoms with Gasteiger partial charge in [0, 0.05) is 18.7 Å². The fourth-order valence-corrected chi connectivity index (χ4v) is 3.26. The summed E-state index contributed by atoms with van der Waals surface area (Å²) < 4.78 is 16.3. The van der Waals surface area contributed by atoms with Crippen LogP contribution < -0.4 is 9.47 Å². The molecule has 0 saturated carbocycles. The van der Waals surface area contributed by atoms with Gasteiger partial charge in [-0.15, -0.1) is 0 Å². The number of nitrogens with one attached hydrogen (secondary N) is 1. The summed E-state index contributed by atoms with van der Waals surface area (Å²) in [4.78, 5) is 26.5. The first-order chi connectivity index (χ1) is 15.1. The number of H-pyrrole nitrogens is 1. The lowest BCUT2D eigenvalue weighted by molar-refractivity contribution is -0.135. The van der Waals surface area contributed by atoms with E-state index < -0.39 is 5.97 Å². The maximum Gasteiger partial charge on any atom is 0.356 e. The number of amides is 1. The van der Waals surface area contributed by atoms with Crippen molar-refractivity contribution in [2.24, 2.45) is 0 Å². The molecule has 0 saturated heterocycles. The molecule has 0 bridgehead atoms. The minimum atomic E-state index is -0.626. The van der Waals surface area contributed by atoms with Crippen LogP contribution in [0.2, 0.25) is 0 Å². The maximum atomic E-state index is 12.6. The molecule has 1 aromatic heterocycles. The number of hydrogen-bond donors (Lipinski definition) is 1. The second-order valence-electron chi connectivity index (χ2n) is 6.99. The fourth-order valence-electron chi connectivity index (χ4n) is 3.26. The molecule has 8 nitrogen and oxygen atoms in total. The number of likely N-dealkylation sites (N-methyl/N-ethyl adjacent to an activating group) is 1. The number of fused-ring (bicyclic) bond motifs is 1. The second kappa shape index (κ2) is 9.34. The van der Waals surface area contributed by atoms with E-state index in [0.717, 1.165) is 11.1 Å². The van der Waals surface area contributed by atoms with Crippen LogP contribution >= 0.6 is 0 Å². The SMILES string of the molecule is CCN(Cc1ccc2c(c1)OCCO2)C(=O)COC(=O)c1cc(-c2ccccc2)n[nH]1. The summed E-state index contributed by atoms with van der Waals surface area (Å²) in [5.74, 6) is 0.465. The molecule has 2 aromatic carbocycles. The van der Waals surface area contributed by atoms with Gasteiger partial charge in [0.2, 0.25) is 0 Å². The molecule has 0 fully saturated rings. The van der Waals surface area contributed by atoms with Crippen molar-refractivity contribution in [3.63, 3.8) is 0 Å². The molecular formula is C23H23N3O5. The van der Waals surface area contributed by atoms with E-state index in [4.69, 9.17) is 14.2 Å². The number of carbonyl (C=O) groups excluding carboxylic acids is 2. The number of aromatic amines is 1. The van der Waals surface area contributed by atoms with E-state index in [0.29, 0.717) is 43.5 Å². The van der Waals surface area contributed by atoms with Crippen LogP contribution in [0.25, 0.3) is 11.3 Å². The third-order valence-corrected chi connectivity index (χ3v) is 4.91. The van der Waals surface area contributed by atoms with Crippen LogP contribution in [0.4, 0.5) is 0 Å². The van der Waals surface area contributed by atoms with Crippen molar-refractivity contribution in [3.05, 3.63) is 65.9 Å². The first kappa shape index (κ1) is 20.5. The van der Waals surface area contributed by atoms with E-state index in [1.807, 2.05) is 55.5 Å². The topological polar surface area (TPSA) is 93.8 Å². The molecule has 0 atom stereocenters. The van der Waals surface area contributed by atoms with Gasteiger partial charge in [0.05, 0.1) is 5.69 Å². The van der Waals surface area contributed by atoms with E-state index >= 15 is 0 Å². The Morgan fingerprint density at radius 2 is 1.84 bits per heavy atom. The van der Waals surface area contributed by atoms with Crippen LogP contribution in [0.1, 0.15) is 23.0 Å². The monoisotopic (exact) mass is 421 g/mol. The highest BCUT2D eigenvalue weighted by Crippen LogP contribution is 2.31. The highest BCUT2D eigenvalue weighted by Gasteiger charge is 2.19. The lowest BCUT2D eigenvalue weighted by Gasteiger charge is -2.23. The first-order valence-electron chi connectivity index (χ1n) is 10.1. The molecular weight excluding hydrogens is 398 g/mol. The van der Waals surface area contributed by atoms with E-state index in [1.165, 1.54) is 0 Å². The van der Waals surface area contributed by atoms with Gasteiger partial charge in [-0.2, -0.15) is 5.10 Å². The summed E-state index contributed by atoms with van der Waals surface area (Å²) >= 11 is 0. The highest BCUT2D eigenvalue weighted by atomic mass is 16.6. The molecule has 160 valence electrons. The molecule has 3 aromatic rings. The number of rotatable bonds is 7. The Balaban J connectivity index is 1.34. The Hall–Kier alpha value is -3.81. The summed E-state index contributed by atoms with van der Waals surface area (Å²) in [7, 11) is 0. The molecule has 0 spiro atoms. The van der Waals surface area contributed by atoms with E-state index in [-0.39, 0.29) is 18.2 Å². The molecule has 1 amide bonds. The molecule has 1 aliphatic heterocycles. The van der Waals surface area contributed by atoms with Crippen molar-refractivity contribution in [1.29, 1.82) is 0 Å². The average molecular weight is 421 g/mol.